The summed E-state index contributed by atoms with van der Waals surface area (Å²) in [5.74, 6) is 0. The monoisotopic (exact) mass is 344 g/mol. The average Bonchev–Trinajstić information content (AvgIpc) is 2.61. The highest BCUT2D eigenvalue weighted by Crippen LogP contribution is 2.37. The molecule has 1 atom stereocenters. The minimum absolute atomic E-state index is 0.0912. The first-order chi connectivity index (χ1) is 11.7. The van der Waals surface area contributed by atoms with Crippen LogP contribution in [0.25, 0.3) is 0 Å². The molecule has 5 heteroatoms. The van der Waals surface area contributed by atoms with Crippen molar-refractivity contribution in [3.63, 3.8) is 0 Å². The maximum absolute atomic E-state index is 12.7. The zero-order valence-corrected chi connectivity index (χ0v) is 14.4. The fraction of sp³-hybridized carbons (Fsp3) is 0.316. The third kappa shape index (κ3) is 3.40. The number of methoxy groups -OCH3 is 1. The Balaban J connectivity index is 1.97. The maximum atomic E-state index is 12.7. The van der Waals surface area contributed by atoms with Crippen molar-refractivity contribution in [1.82, 2.24) is 10.2 Å². The lowest BCUT2D eigenvalue weighted by Gasteiger charge is -2.38. The van der Waals surface area contributed by atoms with E-state index in [1.54, 1.807) is 7.11 Å². The Labute approximate surface area is 147 Å². The number of carbonyl (C=O) groups is 1. The van der Waals surface area contributed by atoms with E-state index in [9.17, 15) is 4.79 Å². The van der Waals surface area contributed by atoms with Crippen LogP contribution in [0.15, 0.2) is 48.5 Å². The predicted molar refractivity (Wildman–Crippen MR) is 95.4 cm³/mol. The highest BCUT2D eigenvalue weighted by Gasteiger charge is 2.32. The van der Waals surface area contributed by atoms with Gasteiger partial charge in [0.15, 0.2) is 0 Å². The smallest absolute Gasteiger partial charge is 0.318 e. The molecular weight excluding hydrogens is 324 g/mol. The Bertz CT molecular complexity index is 720. The summed E-state index contributed by atoms with van der Waals surface area (Å²) < 4.78 is 5.01. The lowest BCUT2D eigenvalue weighted by Crippen LogP contribution is -2.46. The lowest BCUT2D eigenvalue weighted by atomic mass is 9.88. The molecule has 1 aliphatic heterocycles. The fourth-order valence-electron chi connectivity index (χ4n) is 3.18. The van der Waals surface area contributed by atoms with E-state index in [4.69, 9.17) is 16.3 Å². The summed E-state index contributed by atoms with van der Waals surface area (Å²) in [4.78, 5) is 14.6. The van der Waals surface area contributed by atoms with Crippen molar-refractivity contribution in [2.45, 2.75) is 12.5 Å². The summed E-state index contributed by atoms with van der Waals surface area (Å²) in [7, 11) is 1.62. The van der Waals surface area contributed by atoms with E-state index in [1.165, 1.54) is 5.56 Å². The number of hydrogen-bond acceptors (Lipinski definition) is 2. The largest absolute Gasteiger partial charge is 0.383 e. The number of amides is 2. The summed E-state index contributed by atoms with van der Waals surface area (Å²) in [5, 5.41) is 3.60. The molecule has 2 aromatic carbocycles. The zero-order chi connectivity index (χ0) is 16.9. The van der Waals surface area contributed by atoms with Gasteiger partial charge in [0.1, 0.15) is 0 Å². The number of ether oxygens (including phenoxy) is 1. The average molecular weight is 345 g/mol. The first-order valence-corrected chi connectivity index (χ1v) is 8.46. The van der Waals surface area contributed by atoms with Crippen LogP contribution in [-0.4, -0.2) is 37.7 Å². The van der Waals surface area contributed by atoms with E-state index in [-0.39, 0.29) is 12.1 Å². The number of urea groups is 1. The Morgan fingerprint density at radius 1 is 1.21 bits per heavy atom. The molecule has 1 aliphatic rings. The second kappa shape index (κ2) is 7.69. The van der Waals surface area contributed by atoms with Gasteiger partial charge >= 0.3 is 6.03 Å². The van der Waals surface area contributed by atoms with E-state index < -0.39 is 0 Å². The molecule has 0 radical (unpaired) electrons. The molecule has 0 bridgehead atoms. The molecule has 0 spiro atoms. The lowest BCUT2D eigenvalue weighted by molar-refractivity contribution is 0.168. The van der Waals surface area contributed by atoms with Gasteiger partial charge in [0.05, 0.1) is 12.6 Å². The van der Waals surface area contributed by atoms with Crippen LogP contribution in [0.3, 0.4) is 0 Å². The Morgan fingerprint density at radius 3 is 2.67 bits per heavy atom. The van der Waals surface area contributed by atoms with Crippen LogP contribution in [0, 0.1) is 0 Å². The number of hydrogen-bond donors (Lipinski definition) is 1. The molecule has 4 nitrogen and oxygen atoms in total. The molecule has 1 N–H and O–H groups in total. The Morgan fingerprint density at radius 2 is 1.92 bits per heavy atom. The van der Waals surface area contributed by atoms with Gasteiger partial charge in [0, 0.05) is 25.2 Å². The highest BCUT2D eigenvalue weighted by atomic mass is 35.5. The SMILES string of the molecule is COCCNC(=O)N1CCc2ccccc2C1c1ccccc1Cl. The molecule has 24 heavy (non-hydrogen) atoms. The van der Waals surface area contributed by atoms with Crippen molar-refractivity contribution in [2.75, 3.05) is 26.8 Å². The number of halogens is 1. The molecule has 0 fully saturated rings. The molecule has 126 valence electrons. The normalized spacial score (nSPS) is 16.6. The summed E-state index contributed by atoms with van der Waals surface area (Å²) >= 11 is 6.44. The minimum atomic E-state index is -0.175. The van der Waals surface area contributed by atoms with Crippen molar-refractivity contribution >= 4 is 17.6 Å². The van der Waals surface area contributed by atoms with Gasteiger partial charge in [0.2, 0.25) is 0 Å². The quantitative estimate of drug-likeness (QED) is 0.860. The third-order valence-electron chi connectivity index (χ3n) is 4.33. The molecule has 2 aromatic rings. The first-order valence-electron chi connectivity index (χ1n) is 8.08. The highest BCUT2D eigenvalue weighted by molar-refractivity contribution is 6.31. The van der Waals surface area contributed by atoms with Gasteiger partial charge in [-0.3, -0.25) is 0 Å². The minimum Gasteiger partial charge on any atom is -0.383 e. The van der Waals surface area contributed by atoms with Crippen molar-refractivity contribution < 1.29 is 9.53 Å². The number of rotatable bonds is 4. The molecule has 0 saturated heterocycles. The maximum Gasteiger partial charge on any atom is 0.318 e. The van der Waals surface area contributed by atoms with Gasteiger partial charge in [-0.25, -0.2) is 4.79 Å². The molecule has 0 aromatic heterocycles. The van der Waals surface area contributed by atoms with Gasteiger partial charge in [-0.15, -0.1) is 0 Å². The number of carbonyl (C=O) groups excluding carboxylic acids is 1. The summed E-state index contributed by atoms with van der Waals surface area (Å²) in [5.41, 5.74) is 3.36. The van der Waals surface area contributed by atoms with E-state index >= 15 is 0 Å². The van der Waals surface area contributed by atoms with Crippen LogP contribution < -0.4 is 5.32 Å². The van der Waals surface area contributed by atoms with Crippen LogP contribution in [0.4, 0.5) is 4.79 Å². The second-order valence-corrected chi connectivity index (χ2v) is 6.20. The van der Waals surface area contributed by atoms with Gasteiger partial charge < -0.3 is 15.0 Å². The number of fused-ring (bicyclic) bond motifs is 1. The van der Waals surface area contributed by atoms with Crippen molar-refractivity contribution in [3.8, 4) is 0 Å². The molecule has 3 rings (SSSR count). The fourth-order valence-corrected chi connectivity index (χ4v) is 3.42. The van der Waals surface area contributed by atoms with E-state index in [0.29, 0.717) is 24.7 Å². The van der Waals surface area contributed by atoms with E-state index in [0.717, 1.165) is 17.5 Å². The number of nitrogens with one attached hydrogen (secondary N) is 1. The molecular formula is C19H21ClN2O2. The van der Waals surface area contributed by atoms with Gasteiger partial charge in [-0.2, -0.15) is 0 Å². The molecule has 0 aliphatic carbocycles. The van der Waals surface area contributed by atoms with Crippen molar-refractivity contribution in [2.24, 2.45) is 0 Å². The second-order valence-electron chi connectivity index (χ2n) is 5.79. The number of benzene rings is 2. The molecule has 0 saturated carbocycles. The van der Waals surface area contributed by atoms with Gasteiger partial charge in [0.25, 0.3) is 0 Å². The molecule has 1 heterocycles. The van der Waals surface area contributed by atoms with E-state index in [1.807, 2.05) is 41.3 Å². The topological polar surface area (TPSA) is 41.6 Å². The van der Waals surface area contributed by atoms with Crippen LogP contribution in [0.5, 0.6) is 0 Å². The van der Waals surface area contributed by atoms with Gasteiger partial charge in [-0.05, 0) is 29.2 Å². The van der Waals surface area contributed by atoms with Crippen LogP contribution in [0.1, 0.15) is 22.7 Å². The van der Waals surface area contributed by atoms with Gasteiger partial charge in [-0.1, -0.05) is 54.1 Å². The summed E-state index contributed by atoms with van der Waals surface area (Å²) in [6, 6.07) is 15.7. The molecule has 2 amide bonds. The Kier molecular flexibility index (Phi) is 5.38. The van der Waals surface area contributed by atoms with Crippen molar-refractivity contribution in [1.29, 1.82) is 0 Å². The van der Waals surface area contributed by atoms with Crippen molar-refractivity contribution in [3.05, 3.63) is 70.2 Å². The predicted octanol–water partition coefficient (Wildman–Crippen LogP) is 3.64. The van der Waals surface area contributed by atoms with Crippen LogP contribution in [-0.2, 0) is 11.2 Å². The zero-order valence-electron chi connectivity index (χ0n) is 13.7. The summed E-state index contributed by atoms with van der Waals surface area (Å²) in [6.07, 6.45) is 0.842. The van der Waals surface area contributed by atoms with Crippen LogP contribution >= 0.6 is 11.6 Å². The first kappa shape index (κ1) is 16.8. The van der Waals surface area contributed by atoms with Crippen LogP contribution in [0.2, 0.25) is 5.02 Å². The molecule has 1 unspecified atom stereocenters. The standard InChI is InChI=1S/C19H21ClN2O2/c1-24-13-11-21-19(23)22-12-10-14-6-2-3-7-15(14)18(22)16-8-4-5-9-17(16)20/h2-9,18H,10-13H2,1H3,(H,21,23). The third-order valence-corrected chi connectivity index (χ3v) is 4.67. The van der Waals surface area contributed by atoms with E-state index in [2.05, 4.69) is 17.4 Å². The number of nitrogens with zero attached hydrogens (tertiary/aromatic N) is 1. The Hall–Kier alpha value is -2.04. The summed E-state index contributed by atoms with van der Waals surface area (Å²) in [6.45, 7) is 1.64.